The number of pyridine rings is 1. The largest absolute Gasteiger partial charge is 0.312 e. The third kappa shape index (κ3) is 2.50. The van der Waals surface area contributed by atoms with Crippen LogP contribution in [0.5, 0.6) is 0 Å². The van der Waals surface area contributed by atoms with Crippen molar-refractivity contribution in [3.8, 4) is 11.4 Å². The van der Waals surface area contributed by atoms with Gasteiger partial charge in [0.05, 0.1) is 0 Å². The molecule has 0 bridgehead atoms. The Labute approximate surface area is 130 Å². The highest BCUT2D eigenvalue weighted by Gasteiger charge is 2.18. The quantitative estimate of drug-likeness (QED) is 0.806. The zero-order valence-corrected chi connectivity index (χ0v) is 12.6. The van der Waals surface area contributed by atoms with Crippen LogP contribution in [0.3, 0.4) is 0 Å². The number of benzene rings is 1. The molecule has 4 rings (SSSR count). The smallest absolute Gasteiger partial charge is 0.160 e. The minimum atomic E-state index is 0.510. The van der Waals surface area contributed by atoms with Crippen LogP contribution in [0.4, 0.5) is 0 Å². The summed E-state index contributed by atoms with van der Waals surface area (Å²) in [7, 11) is 0. The summed E-state index contributed by atoms with van der Waals surface area (Å²) in [5.74, 6) is 1.02. The van der Waals surface area contributed by atoms with Crippen LogP contribution in [0.1, 0.15) is 19.3 Å². The Morgan fingerprint density at radius 3 is 2.82 bits per heavy atom. The first-order chi connectivity index (χ1) is 10.9. The summed E-state index contributed by atoms with van der Waals surface area (Å²) in [6, 6.07) is 14.9. The molecule has 22 heavy (non-hydrogen) atoms. The number of nitrogens with zero attached hydrogens (tertiary/aromatic N) is 3. The summed E-state index contributed by atoms with van der Waals surface area (Å²) in [5, 5.41) is 3.62. The van der Waals surface area contributed by atoms with Gasteiger partial charge >= 0.3 is 0 Å². The van der Waals surface area contributed by atoms with Crippen molar-refractivity contribution in [3.05, 3.63) is 48.7 Å². The summed E-state index contributed by atoms with van der Waals surface area (Å²) in [4.78, 5) is 9.39. The lowest BCUT2D eigenvalue weighted by Crippen LogP contribution is -2.37. The average molecular weight is 292 g/mol. The molecule has 1 fully saturated rings. The maximum absolute atomic E-state index is 4.82. The molecule has 0 spiro atoms. The van der Waals surface area contributed by atoms with E-state index in [9.17, 15) is 0 Å². The van der Waals surface area contributed by atoms with Gasteiger partial charge in [0.15, 0.2) is 5.65 Å². The number of rotatable bonds is 3. The maximum Gasteiger partial charge on any atom is 0.160 e. The fourth-order valence-electron chi connectivity index (χ4n) is 3.24. The standard InChI is InChI=1S/C18H20N4/c1-2-7-14(8-3-1)17-21-16-10-6-12-20-18(16)22(17)13-15-9-4-5-11-19-15/h1-3,6-8,10,12,15,19H,4-5,9,11,13H2. The third-order valence-electron chi connectivity index (χ3n) is 4.35. The van der Waals surface area contributed by atoms with E-state index in [0.29, 0.717) is 6.04 Å². The Hall–Kier alpha value is -2.20. The number of nitrogens with one attached hydrogen (secondary N) is 1. The van der Waals surface area contributed by atoms with Gasteiger partial charge in [-0.3, -0.25) is 0 Å². The van der Waals surface area contributed by atoms with Gasteiger partial charge in [-0.1, -0.05) is 36.8 Å². The van der Waals surface area contributed by atoms with E-state index < -0.39 is 0 Å². The third-order valence-corrected chi connectivity index (χ3v) is 4.35. The highest BCUT2D eigenvalue weighted by atomic mass is 15.1. The van der Waals surface area contributed by atoms with Crippen LogP contribution in [0.15, 0.2) is 48.7 Å². The molecule has 3 aromatic rings. The Balaban J connectivity index is 1.79. The first-order valence-electron chi connectivity index (χ1n) is 8.02. The molecule has 1 saturated heterocycles. The Morgan fingerprint density at radius 2 is 2.00 bits per heavy atom. The second-order valence-electron chi connectivity index (χ2n) is 5.91. The molecule has 1 aromatic carbocycles. The SMILES string of the molecule is c1ccc(-c2nc3cccnc3n2CC2CCCCN2)cc1. The predicted molar refractivity (Wildman–Crippen MR) is 88.6 cm³/mol. The van der Waals surface area contributed by atoms with Crippen molar-refractivity contribution in [1.29, 1.82) is 0 Å². The average Bonchev–Trinajstić information content (AvgIpc) is 2.95. The number of fused-ring (bicyclic) bond motifs is 1. The van der Waals surface area contributed by atoms with Crippen molar-refractivity contribution >= 4 is 11.2 Å². The van der Waals surface area contributed by atoms with E-state index in [1.807, 2.05) is 24.4 Å². The molecule has 1 aliphatic rings. The monoisotopic (exact) mass is 292 g/mol. The first kappa shape index (κ1) is 13.5. The van der Waals surface area contributed by atoms with Crippen LogP contribution < -0.4 is 5.32 Å². The zero-order valence-electron chi connectivity index (χ0n) is 12.6. The molecule has 0 aliphatic carbocycles. The molecular formula is C18H20N4. The van der Waals surface area contributed by atoms with Gasteiger partial charge in [-0.2, -0.15) is 0 Å². The highest BCUT2D eigenvalue weighted by Crippen LogP contribution is 2.24. The van der Waals surface area contributed by atoms with Crippen LogP contribution in [0, 0.1) is 0 Å². The van der Waals surface area contributed by atoms with E-state index in [1.54, 1.807) is 0 Å². The number of piperidine rings is 1. The number of hydrogen-bond acceptors (Lipinski definition) is 3. The highest BCUT2D eigenvalue weighted by molar-refractivity contribution is 5.77. The van der Waals surface area contributed by atoms with Crippen LogP contribution in [-0.2, 0) is 6.54 Å². The lowest BCUT2D eigenvalue weighted by Gasteiger charge is -2.24. The van der Waals surface area contributed by atoms with Gasteiger partial charge in [0, 0.05) is 24.3 Å². The van der Waals surface area contributed by atoms with Crippen LogP contribution in [0.25, 0.3) is 22.6 Å². The van der Waals surface area contributed by atoms with Gasteiger partial charge in [0.25, 0.3) is 0 Å². The lowest BCUT2D eigenvalue weighted by molar-refractivity contribution is 0.366. The molecular weight excluding hydrogens is 272 g/mol. The molecule has 4 nitrogen and oxygen atoms in total. The first-order valence-corrected chi connectivity index (χ1v) is 8.02. The summed E-state index contributed by atoms with van der Waals surface area (Å²) in [6.45, 7) is 2.04. The molecule has 1 N–H and O–H groups in total. The number of aromatic nitrogens is 3. The molecule has 1 atom stereocenters. The van der Waals surface area contributed by atoms with E-state index in [1.165, 1.54) is 19.3 Å². The van der Waals surface area contributed by atoms with Gasteiger partial charge in [-0.15, -0.1) is 0 Å². The summed E-state index contributed by atoms with van der Waals surface area (Å²) < 4.78 is 2.27. The van der Waals surface area contributed by atoms with Crippen molar-refractivity contribution < 1.29 is 0 Å². The normalized spacial score (nSPS) is 18.6. The molecule has 2 aromatic heterocycles. The molecule has 0 radical (unpaired) electrons. The minimum absolute atomic E-state index is 0.510. The molecule has 0 amide bonds. The minimum Gasteiger partial charge on any atom is -0.312 e. The van der Waals surface area contributed by atoms with Crippen molar-refractivity contribution in [3.63, 3.8) is 0 Å². The van der Waals surface area contributed by atoms with E-state index in [2.05, 4.69) is 39.1 Å². The van der Waals surface area contributed by atoms with E-state index in [4.69, 9.17) is 4.98 Å². The fraction of sp³-hybridized carbons (Fsp3) is 0.333. The summed E-state index contributed by atoms with van der Waals surface area (Å²) >= 11 is 0. The molecule has 112 valence electrons. The molecule has 4 heteroatoms. The van der Waals surface area contributed by atoms with Gasteiger partial charge in [0.2, 0.25) is 0 Å². The number of hydrogen-bond donors (Lipinski definition) is 1. The Morgan fingerprint density at radius 1 is 1.09 bits per heavy atom. The Kier molecular flexibility index (Phi) is 3.60. The van der Waals surface area contributed by atoms with Crippen LogP contribution in [0.2, 0.25) is 0 Å². The lowest BCUT2D eigenvalue weighted by atomic mass is 10.0. The van der Waals surface area contributed by atoms with Crippen molar-refractivity contribution in [1.82, 2.24) is 19.9 Å². The maximum atomic E-state index is 4.82. The molecule has 0 saturated carbocycles. The molecule has 3 heterocycles. The van der Waals surface area contributed by atoms with E-state index >= 15 is 0 Å². The second-order valence-corrected chi connectivity index (χ2v) is 5.91. The van der Waals surface area contributed by atoms with Gasteiger partial charge in [-0.25, -0.2) is 9.97 Å². The topological polar surface area (TPSA) is 42.7 Å². The molecule has 1 unspecified atom stereocenters. The van der Waals surface area contributed by atoms with Gasteiger partial charge < -0.3 is 9.88 Å². The molecule has 1 aliphatic heterocycles. The predicted octanol–water partition coefficient (Wildman–Crippen LogP) is 3.24. The van der Waals surface area contributed by atoms with Crippen molar-refractivity contribution in [2.24, 2.45) is 0 Å². The zero-order chi connectivity index (χ0) is 14.8. The van der Waals surface area contributed by atoms with Gasteiger partial charge in [0.1, 0.15) is 11.3 Å². The van der Waals surface area contributed by atoms with Crippen LogP contribution in [-0.4, -0.2) is 27.1 Å². The summed E-state index contributed by atoms with van der Waals surface area (Å²) in [6.07, 6.45) is 5.66. The van der Waals surface area contributed by atoms with Crippen molar-refractivity contribution in [2.75, 3.05) is 6.54 Å². The van der Waals surface area contributed by atoms with E-state index in [-0.39, 0.29) is 0 Å². The van der Waals surface area contributed by atoms with Crippen LogP contribution >= 0.6 is 0 Å². The fourth-order valence-corrected chi connectivity index (χ4v) is 3.24. The summed E-state index contributed by atoms with van der Waals surface area (Å²) in [5.41, 5.74) is 3.10. The second kappa shape index (κ2) is 5.89. The van der Waals surface area contributed by atoms with Crippen molar-refractivity contribution in [2.45, 2.75) is 31.8 Å². The van der Waals surface area contributed by atoms with Gasteiger partial charge in [-0.05, 0) is 31.5 Å². The van der Waals surface area contributed by atoms with E-state index in [0.717, 1.165) is 35.6 Å². The Bertz CT molecular complexity index is 757. The number of imidazole rings is 1.